The minimum atomic E-state index is -1.72. The van der Waals surface area contributed by atoms with Gasteiger partial charge in [0.25, 0.3) is 0 Å². The van der Waals surface area contributed by atoms with E-state index in [2.05, 4.69) is 54.5 Å². The molecule has 0 aromatic heterocycles. The lowest BCUT2D eigenvalue weighted by atomic mass is 9.33. The van der Waals surface area contributed by atoms with Crippen molar-refractivity contribution in [3.05, 3.63) is 11.6 Å². The number of ether oxygens (including phenoxy) is 6. The van der Waals surface area contributed by atoms with Gasteiger partial charge in [0.2, 0.25) is 0 Å². The first-order valence-corrected chi connectivity index (χ1v) is 23.2. The molecule has 10 N–H and O–H groups in total. The van der Waals surface area contributed by atoms with Crippen molar-refractivity contribution in [3.8, 4) is 0 Å². The van der Waals surface area contributed by atoms with Crippen molar-refractivity contribution in [2.45, 2.75) is 198 Å². The molecule has 0 aromatic rings. The van der Waals surface area contributed by atoms with Gasteiger partial charge in [0.1, 0.15) is 61.0 Å². The second-order valence-corrected chi connectivity index (χ2v) is 22.7. The summed E-state index contributed by atoms with van der Waals surface area (Å²) in [5.74, 6) is 0.708. The Morgan fingerprint density at radius 1 is 0.645 bits per heavy atom. The first kappa shape index (κ1) is 47.6. The van der Waals surface area contributed by atoms with Gasteiger partial charge in [-0.05, 0) is 103 Å². The summed E-state index contributed by atoms with van der Waals surface area (Å²) in [6.45, 7) is 14.9. The molecule has 8 aliphatic rings. The Labute approximate surface area is 365 Å². The highest BCUT2D eigenvalue weighted by Crippen LogP contribution is 2.76. The topological polar surface area (TPSA) is 258 Å². The minimum Gasteiger partial charge on any atom is -0.396 e. The summed E-state index contributed by atoms with van der Waals surface area (Å²) in [5, 5.41) is 108. The van der Waals surface area contributed by atoms with Crippen LogP contribution in [-0.4, -0.2) is 170 Å². The molecule has 3 aliphatic heterocycles. The smallest absolute Gasteiger partial charge is 0.187 e. The third kappa shape index (κ3) is 7.32. The highest BCUT2D eigenvalue weighted by Gasteiger charge is 2.70. The average Bonchev–Trinajstić information content (AvgIpc) is 3.21. The Hall–Kier alpha value is -0.900. The molecular weight excluding hydrogens is 808 g/mol. The van der Waals surface area contributed by atoms with E-state index in [1.54, 1.807) is 0 Å². The molecular formula is C46H76O16. The Morgan fingerprint density at radius 3 is 1.97 bits per heavy atom. The molecule has 3 saturated heterocycles. The van der Waals surface area contributed by atoms with Gasteiger partial charge in [-0.25, -0.2) is 0 Å². The Morgan fingerprint density at radius 2 is 1.29 bits per heavy atom. The zero-order chi connectivity index (χ0) is 45.1. The van der Waals surface area contributed by atoms with Gasteiger partial charge < -0.3 is 79.5 Å². The summed E-state index contributed by atoms with van der Waals surface area (Å²) in [4.78, 5) is 0. The van der Waals surface area contributed by atoms with Crippen LogP contribution in [0.3, 0.4) is 0 Å². The van der Waals surface area contributed by atoms with E-state index in [9.17, 15) is 51.1 Å². The van der Waals surface area contributed by atoms with Crippen molar-refractivity contribution in [1.29, 1.82) is 0 Å². The van der Waals surface area contributed by atoms with E-state index in [1.807, 2.05) is 0 Å². The molecule has 16 nitrogen and oxygen atoms in total. The fourth-order valence-electron chi connectivity index (χ4n) is 14.7. The van der Waals surface area contributed by atoms with Crippen molar-refractivity contribution in [3.63, 3.8) is 0 Å². The molecule has 16 heteroatoms. The monoisotopic (exact) mass is 885 g/mol. The molecule has 8 rings (SSSR count). The van der Waals surface area contributed by atoms with Crippen LogP contribution >= 0.6 is 0 Å². The first-order valence-electron chi connectivity index (χ1n) is 23.2. The lowest BCUT2D eigenvalue weighted by Crippen LogP contribution is -2.67. The zero-order valence-corrected chi connectivity index (χ0v) is 37.6. The molecule has 22 atom stereocenters. The van der Waals surface area contributed by atoms with Gasteiger partial charge in [-0.15, -0.1) is 0 Å². The number of fused-ring (bicyclic) bond motifs is 7. The summed E-state index contributed by atoms with van der Waals surface area (Å²) in [5.41, 5.74) is 0.306. The normalized spacial score (nSPS) is 54.9. The summed E-state index contributed by atoms with van der Waals surface area (Å²) < 4.78 is 35.6. The fraction of sp³-hybridized carbons (Fsp3) is 0.957. The van der Waals surface area contributed by atoms with Crippen molar-refractivity contribution < 1.29 is 79.5 Å². The molecule has 5 aliphatic carbocycles. The lowest BCUT2D eigenvalue weighted by molar-refractivity contribution is -0.377. The maximum atomic E-state index is 12.1. The highest BCUT2D eigenvalue weighted by molar-refractivity contribution is 5.35. The van der Waals surface area contributed by atoms with Crippen LogP contribution in [0.4, 0.5) is 0 Å². The van der Waals surface area contributed by atoms with E-state index in [0.717, 1.165) is 44.9 Å². The average molecular weight is 885 g/mol. The van der Waals surface area contributed by atoms with Crippen LogP contribution in [0.1, 0.15) is 106 Å². The molecule has 62 heavy (non-hydrogen) atoms. The predicted molar refractivity (Wildman–Crippen MR) is 219 cm³/mol. The molecule has 0 radical (unpaired) electrons. The van der Waals surface area contributed by atoms with Crippen LogP contribution < -0.4 is 0 Å². The molecule has 356 valence electrons. The van der Waals surface area contributed by atoms with Crippen molar-refractivity contribution >= 4 is 0 Å². The third-order valence-electron chi connectivity index (χ3n) is 18.7. The number of aliphatic hydroxyl groups is 10. The number of hydrogen-bond acceptors (Lipinski definition) is 16. The summed E-state index contributed by atoms with van der Waals surface area (Å²) >= 11 is 0. The SMILES string of the molecule is CC1(C)CCC2(CO)C(O)CC3(C)C(=CCC4C5(C)CCC(OC6OC(CO)C(OC7OCC(O)C(O)C7OC7OCC(O)C(O)C7O)C(O)C6O)C(C)(C)C5CCC43C)C2C1. The maximum Gasteiger partial charge on any atom is 0.187 e. The predicted octanol–water partition coefficient (Wildman–Crippen LogP) is 0.863. The van der Waals surface area contributed by atoms with Gasteiger partial charge in [0, 0.05) is 5.41 Å². The van der Waals surface area contributed by atoms with Crippen LogP contribution in [-0.2, 0) is 28.4 Å². The molecule has 22 unspecified atom stereocenters. The van der Waals surface area contributed by atoms with Crippen LogP contribution in [0.25, 0.3) is 0 Å². The third-order valence-corrected chi connectivity index (χ3v) is 18.7. The quantitative estimate of drug-likeness (QED) is 0.120. The number of rotatable bonds is 8. The van der Waals surface area contributed by atoms with Crippen molar-refractivity contribution in [2.75, 3.05) is 26.4 Å². The number of aliphatic hydroxyl groups excluding tert-OH is 10. The minimum absolute atomic E-state index is 0.00196. The van der Waals surface area contributed by atoms with Crippen LogP contribution in [0, 0.1) is 50.2 Å². The van der Waals surface area contributed by atoms with Crippen LogP contribution in [0.2, 0.25) is 0 Å². The van der Waals surface area contributed by atoms with Crippen molar-refractivity contribution in [1.82, 2.24) is 0 Å². The molecule has 4 saturated carbocycles. The molecule has 0 spiro atoms. The Bertz CT molecular complexity index is 1640. The fourth-order valence-corrected chi connectivity index (χ4v) is 14.7. The van der Waals surface area contributed by atoms with Gasteiger partial charge in [-0.3, -0.25) is 0 Å². The summed E-state index contributed by atoms with van der Waals surface area (Å²) in [6.07, 6.45) is -10.4. The second kappa shape index (κ2) is 16.7. The standard InChI is InChI=1S/C46H76O16/c1-41(2)14-15-46(21-48)23(16-41)22-8-9-28-43(5)12-11-30(42(3,4)27(43)10-13-44(28,6)45(22,7)17-29(46)51)60-39-35(56)33(54)36(26(18-47)59-39)61-40-37(32(53)25(50)20-58-40)62-38-34(55)31(52)24(49)19-57-38/h8,23-40,47-56H,9-21H2,1-7H3. The van der Waals surface area contributed by atoms with Gasteiger partial charge in [0.15, 0.2) is 18.9 Å². The number of allylic oxidation sites excluding steroid dienone is 2. The molecule has 0 amide bonds. The van der Waals surface area contributed by atoms with Gasteiger partial charge in [-0.2, -0.15) is 0 Å². The van der Waals surface area contributed by atoms with E-state index in [4.69, 9.17) is 28.4 Å². The highest BCUT2D eigenvalue weighted by atomic mass is 16.8. The van der Waals surface area contributed by atoms with Crippen LogP contribution in [0.15, 0.2) is 11.6 Å². The molecule has 3 heterocycles. The van der Waals surface area contributed by atoms with E-state index in [-0.39, 0.29) is 52.8 Å². The number of hydrogen-bond donors (Lipinski definition) is 10. The summed E-state index contributed by atoms with van der Waals surface area (Å²) in [7, 11) is 0. The van der Waals surface area contributed by atoms with Crippen LogP contribution in [0.5, 0.6) is 0 Å². The van der Waals surface area contributed by atoms with Gasteiger partial charge in [-0.1, -0.05) is 60.1 Å². The van der Waals surface area contributed by atoms with E-state index in [1.165, 1.54) is 5.57 Å². The van der Waals surface area contributed by atoms with Gasteiger partial charge in [0.05, 0.1) is 38.6 Å². The zero-order valence-electron chi connectivity index (χ0n) is 37.6. The summed E-state index contributed by atoms with van der Waals surface area (Å²) in [6, 6.07) is 0. The molecule has 0 bridgehead atoms. The first-order chi connectivity index (χ1) is 29.0. The van der Waals surface area contributed by atoms with Gasteiger partial charge >= 0.3 is 0 Å². The molecule has 0 aromatic carbocycles. The van der Waals surface area contributed by atoms with Crippen molar-refractivity contribution in [2.24, 2.45) is 50.2 Å². The lowest BCUT2D eigenvalue weighted by Gasteiger charge is -2.72. The van der Waals surface area contributed by atoms with E-state index < -0.39 is 110 Å². The van der Waals surface area contributed by atoms with E-state index in [0.29, 0.717) is 18.8 Å². The Balaban J connectivity index is 0.972. The largest absolute Gasteiger partial charge is 0.396 e. The maximum absolute atomic E-state index is 12.1. The van der Waals surface area contributed by atoms with E-state index >= 15 is 0 Å². The molecule has 7 fully saturated rings. The second-order valence-electron chi connectivity index (χ2n) is 22.7. The Kier molecular flexibility index (Phi) is 12.8.